The molecule has 0 radical (unpaired) electrons. The topological polar surface area (TPSA) is 218 Å². The molecule has 2 aliphatic carbocycles. The summed E-state index contributed by atoms with van der Waals surface area (Å²) in [6.07, 6.45) is 5.20. The summed E-state index contributed by atoms with van der Waals surface area (Å²) >= 11 is 0. The fraction of sp³-hybridized carbons (Fsp3) is 0.360. The maximum absolute atomic E-state index is 13.2. The van der Waals surface area contributed by atoms with Crippen LogP contribution in [0.5, 0.6) is 23.0 Å². The Morgan fingerprint density at radius 1 is 0.646 bits per heavy atom. The molecule has 332 valence electrons. The van der Waals surface area contributed by atoms with Crippen molar-refractivity contribution in [1.82, 2.24) is 9.97 Å². The Labute approximate surface area is 419 Å². The molecule has 2 aliphatic heterocycles. The van der Waals surface area contributed by atoms with Gasteiger partial charge in [-0.2, -0.15) is 5.26 Å². The van der Waals surface area contributed by atoms with Crippen LogP contribution in [-0.4, -0.2) is 51.9 Å². The van der Waals surface area contributed by atoms with Crippen LogP contribution in [0.1, 0.15) is 102 Å². The van der Waals surface area contributed by atoms with Gasteiger partial charge >= 0.3 is 57.4 Å². The van der Waals surface area contributed by atoms with Gasteiger partial charge in [0.1, 0.15) is 0 Å². The normalized spacial score (nSPS) is 15.7. The van der Waals surface area contributed by atoms with Gasteiger partial charge in [-0.3, -0.25) is 14.4 Å². The predicted octanol–water partition coefficient (Wildman–Crippen LogP) is 6.68. The molecule has 0 unspecified atom stereocenters. The van der Waals surface area contributed by atoms with Crippen molar-refractivity contribution in [3.63, 3.8) is 0 Å². The molecule has 0 atom stereocenters. The first-order valence-electron chi connectivity index (χ1n) is 21.5. The number of aliphatic carboxylic acids is 1. The SMILES string of the molecule is CC(C)(CCC#N)c1cc2cc(NC(=O)C3(c4ccc5c(c4)OCO5)CC3)ccc2[nH]1.CC(C)(CCC(=O)O)c1cc2cc(NC(=O)C3(c4ccc5c(c4)OCO5)CC3)ccc2[nH]1.[K+].[OH-]. The number of benzene rings is 4. The Bertz CT molecular complexity index is 2830. The zero-order valence-electron chi connectivity index (χ0n) is 37.4. The van der Waals surface area contributed by atoms with Gasteiger partial charge in [0.2, 0.25) is 25.4 Å². The number of H-pyrrole nitrogens is 2. The van der Waals surface area contributed by atoms with Crippen LogP contribution in [-0.2, 0) is 36.0 Å². The average molecular weight is 906 g/mol. The number of ether oxygens (including phenoxy) is 4. The molecule has 2 aromatic heterocycles. The van der Waals surface area contributed by atoms with E-state index >= 15 is 0 Å². The minimum atomic E-state index is -0.796. The second-order valence-corrected chi connectivity index (χ2v) is 18.5. The van der Waals surface area contributed by atoms with Gasteiger partial charge in [-0.15, -0.1) is 0 Å². The summed E-state index contributed by atoms with van der Waals surface area (Å²) in [6, 6.07) is 29.6. The van der Waals surface area contributed by atoms with Gasteiger partial charge in [0, 0.05) is 68.2 Å². The number of nitrogens with zero attached hydrogens (tertiary/aromatic N) is 1. The molecule has 4 aliphatic rings. The van der Waals surface area contributed by atoms with Crippen molar-refractivity contribution < 1.29 is 95.3 Å². The Hall–Kier alpha value is -5.34. The van der Waals surface area contributed by atoms with Crippen molar-refractivity contribution >= 4 is 51.0 Å². The third kappa shape index (κ3) is 9.65. The van der Waals surface area contributed by atoms with Crippen LogP contribution in [0, 0.1) is 11.3 Å². The number of hydrogen-bond acceptors (Lipinski definition) is 9. The van der Waals surface area contributed by atoms with Crippen LogP contribution in [0.25, 0.3) is 21.8 Å². The van der Waals surface area contributed by atoms with Crippen LogP contribution in [0.3, 0.4) is 0 Å². The molecule has 15 heteroatoms. The second kappa shape index (κ2) is 18.5. The number of aromatic amines is 2. The van der Waals surface area contributed by atoms with Crippen molar-refractivity contribution in [1.29, 1.82) is 5.26 Å². The largest absolute Gasteiger partial charge is 1.00 e. The minimum Gasteiger partial charge on any atom is -0.870 e. The number of aromatic nitrogens is 2. The van der Waals surface area contributed by atoms with E-state index in [0.29, 0.717) is 30.1 Å². The minimum absolute atomic E-state index is 0. The number of carbonyl (C=O) groups excluding carboxylic acids is 2. The fourth-order valence-electron chi connectivity index (χ4n) is 8.64. The second-order valence-electron chi connectivity index (χ2n) is 18.5. The molecule has 4 aromatic carbocycles. The average Bonchev–Trinajstić information content (AvgIpc) is 3.96. The first-order chi connectivity index (χ1) is 30.2. The van der Waals surface area contributed by atoms with Gasteiger partial charge in [0.25, 0.3) is 0 Å². The van der Waals surface area contributed by atoms with Gasteiger partial charge in [-0.25, -0.2) is 0 Å². The van der Waals surface area contributed by atoms with E-state index in [4.69, 9.17) is 29.3 Å². The van der Waals surface area contributed by atoms with Gasteiger partial charge < -0.3 is 50.1 Å². The predicted molar refractivity (Wildman–Crippen MR) is 241 cm³/mol. The smallest absolute Gasteiger partial charge is 0.870 e. The Morgan fingerprint density at radius 2 is 1.08 bits per heavy atom. The molecule has 0 saturated heterocycles. The van der Waals surface area contributed by atoms with E-state index in [-0.39, 0.29) is 99.5 Å². The molecule has 14 nitrogen and oxygen atoms in total. The molecule has 4 heterocycles. The van der Waals surface area contributed by atoms with E-state index in [1.807, 2.05) is 92.7 Å². The Morgan fingerprint density at radius 3 is 1.49 bits per heavy atom. The van der Waals surface area contributed by atoms with Crippen molar-refractivity contribution in [2.45, 2.75) is 101 Å². The van der Waals surface area contributed by atoms with Crippen LogP contribution in [0.4, 0.5) is 11.4 Å². The summed E-state index contributed by atoms with van der Waals surface area (Å²) in [5.74, 6) is 2.03. The number of nitriles is 1. The van der Waals surface area contributed by atoms with E-state index in [0.717, 1.165) is 93.5 Å². The van der Waals surface area contributed by atoms with Gasteiger partial charge in [-0.1, -0.05) is 39.8 Å². The fourth-order valence-corrected chi connectivity index (χ4v) is 8.64. The number of hydrogen-bond donors (Lipinski definition) is 5. The summed E-state index contributed by atoms with van der Waals surface area (Å²) in [7, 11) is 0. The zero-order valence-corrected chi connectivity index (χ0v) is 40.5. The van der Waals surface area contributed by atoms with Crippen molar-refractivity contribution in [3.05, 3.63) is 107 Å². The molecule has 2 fully saturated rings. The summed E-state index contributed by atoms with van der Waals surface area (Å²) in [5, 5.41) is 26.2. The number of amides is 2. The van der Waals surface area contributed by atoms with E-state index in [9.17, 15) is 14.4 Å². The molecule has 0 bridgehead atoms. The number of rotatable bonds is 13. The maximum atomic E-state index is 13.2. The van der Waals surface area contributed by atoms with E-state index in [1.165, 1.54) is 0 Å². The Balaban J connectivity index is 0.000000188. The van der Waals surface area contributed by atoms with Crippen molar-refractivity contribution in [3.8, 4) is 29.1 Å². The quantitative estimate of drug-likeness (QED) is 0.0774. The zero-order chi connectivity index (χ0) is 44.1. The number of carboxylic acids is 1. The molecule has 0 spiro atoms. The number of carbonyl (C=O) groups is 3. The molecule has 65 heavy (non-hydrogen) atoms. The standard InChI is InChI=1S/C25H25N3O3.C25H26N2O5.K.H2O/c1-24(2,8-3-11-26)22-13-16-12-18(5-6-19(16)28-22)27-23(29)25(9-10-25)17-4-7-20-21(14-17)31-15-30-20;1-24(2,8-7-22(28)29)21-12-15-11-17(4-5-18(15)27-21)26-23(30)25(9-10-25)16-3-6-19-20(13-16)32-14-31-19;;/h4-7,12-14,28H,3,8-10,15H2,1-2H3,(H,27,29);3-6,11-13,27H,7-10,14H2,1-2H3,(H,26,30)(H,28,29);;1H2/q;;+1;/p-1. The molecule has 6 aromatic rings. The number of carboxylic acid groups (broad SMARTS) is 1. The summed E-state index contributed by atoms with van der Waals surface area (Å²) < 4.78 is 21.7. The maximum Gasteiger partial charge on any atom is 1.00 e. The first-order valence-corrected chi connectivity index (χ1v) is 21.5. The van der Waals surface area contributed by atoms with Crippen molar-refractivity contribution in [2.24, 2.45) is 0 Å². The summed E-state index contributed by atoms with van der Waals surface area (Å²) in [5.41, 5.74) is 6.06. The molecule has 2 amide bonds. The van der Waals surface area contributed by atoms with Crippen LogP contribution in [0.15, 0.2) is 84.9 Å². The van der Waals surface area contributed by atoms with Crippen LogP contribution < -0.4 is 81.0 Å². The van der Waals surface area contributed by atoms with E-state index in [2.05, 4.69) is 46.6 Å². The van der Waals surface area contributed by atoms with Gasteiger partial charge in [-0.05, 0) is 122 Å². The van der Waals surface area contributed by atoms with E-state index in [1.54, 1.807) is 0 Å². The summed E-state index contributed by atoms with van der Waals surface area (Å²) in [4.78, 5) is 44.2. The molecule has 10 rings (SSSR count). The molecule has 2 saturated carbocycles. The van der Waals surface area contributed by atoms with E-state index < -0.39 is 16.8 Å². The van der Waals surface area contributed by atoms with Gasteiger partial charge in [0.15, 0.2) is 23.0 Å². The van der Waals surface area contributed by atoms with Crippen molar-refractivity contribution in [2.75, 3.05) is 24.2 Å². The van der Waals surface area contributed by atoms with Gasteiger partial charge in [0.05, 0.1) is 16.9 Å². The first kappa shape index (κ1) is 47.6. The molecular formula is C50H52KN5O9. The third-order valence-electron chi connectivity index (χ3n) is 13.3. The number of fused-ring (bicyclic) bond motifs is 4. The van der Waals surface area contributed by atoms with Crippen LogP contribution >= 0.6 is 0 Å². The Kier molecular flexibility index (Phi) is 13.6. The number of nitrogens with one attached hydrogen (secondary N) is 4. The van der Waals surface area contributed by atoms with Crippen LogP contribution in [0.2, 0.25) is 0 Å². The monoisotopic (exact) mass is 905 g/mol. The number of anilines is 2. The molecular weight excluding hydrogens is 854 g/mol. The third-order valence-corrected chi connectivity index (χ3v) is 13.3. The summed E-state index contributed by atoms with van der Waals surface area (Å²) in [6.45, 7) is 8.78. The molecule has 6 N–H and O–H groups in total.